The predicted molar refractivity (Wildman–Crippen MR) is 71.7 cm³/mol. The summed E-state index contributed by atoms with van der Waals surface area (Å²) < 4.78 is 4.93. The van der Waals surface area contributed by atoms with Crippen LogP contribution in [-0.2, 0) is 4.74 Å². The quantitative estimate of drug-likeness (QED) is 0.816. The lowest BCUT2D eigenvalue weighted by atomic mass is 10.2. The molecule has 98 valence electrons. The van der Waals surface area contributed by atoms with E-state index in [1.165, 1.54) is 11.3 Å². The van der Waals surface area contributed by atoms with E-state index in [-0.39, 0.29) is 12.5 Å². The number of thiophene rings is 1. The zero-order valence-electron chi connectivity index (χ0n) is 10.6. The maximum Gasteiger partial charge on any atom is 0.254 e. The van der Waals surface area contributed by atoms with E-state index in [2.05, 4.69) is 11.8 Å². The molecule has 18 heavy (non-hydrogen) atoms. The first kappa shape index (κ1) is 14.7. The third kappa shape index (κ3) is 4.49. The fraction of sp³-hybridized carbons (Fsp3) is 0.462. The number of likely N-dealkylation sites (N-methyl/N-ethyl adjacent to an activating group) is 1. The molecule has 0 aliphatic carbocycles. The molecule has 0 saturated heterocycles. The lowest BCUT2D eigenvalue weighted by Crippen LogP contribution is -2.29. The normalized spacial score (nSPS) is 9.72. The molecule has 0 bridgehead atoms. The summed E-state index contributed by atoms with van der Waals surface area (Å²) >= 11 is 1.44. The third-order valence-corrected chi connectivity index (χ3v) is 3.12. The van der Waals surface area contributed by atoms with Crippen LogP contribution in [0, 0.1) is 11.8 Å². The number of amides is 1. The van der Waals surface area contributed by atoms with E-state index in [9.17, 15) is 4.79 Å². The average Bonchev–Trinajstić information content (AvgIpc) is 2.84. The van der Waals surface area contributed by atoms with E-state index in [1.54, 1.807) is 30.5 Å². The zero-order chi connectivity index (χ0) is 13.4. The van der Waals surface area contributed by atoms with Crippen molar-refractivity contribution in [2.24, 2.45) is 0 Å². The lowest BCUT2D eigenvalue weighted by Gasteiger charge is -2.15. The molecule has 5 heteroatoms. The molecule has 1 amide bonds. The van der Waals surface area contributed by atoms with Crippen molar-refractivity contribution in [1.82, 2.24) is 4.90 Å². The number of nitrogens with zero attached hydrogens (tertiary/aromatic N) is 1. The summed E-state index contributed by atoms with van der Waals surface area (Å²) in [4.78, 5) is 14.4. The average molecular weight is 267 g/mol. The fourth-order valence-electron chi connectivity index (χ4n) is 1.27. The van der Waals surface area contributed by atoms with Crippen LogP contribution in [-0.4, -0.2) is 49.8 Å². The van der Waals surface area contributed by atoms with Crippen molar-refractivity contribution in [3.8, 4) is 11.8 Å². The summed E-state index contributed by atoms with van der Waals surface area (Å²) in [6.45, 7) is 1.15. The number of carbonyl (C=O) groups excluding carboxylic acids is 1. The lowest BCUT2D eigenvalue weighted by molar-refractivity contribution is 0.0745. The number of aliphatic hydroxyl groups is 1. The first-order valence-corrected chi connectivity index (χ1v) is 6.49. The highest BCUT2D eigenvalue weighted by atomic mass is 32.1. The molecule has 1 heterocycles. The number of hydrogen-bond acceptors (Lipinski definition) is 4. The minimum atomic E-state index is -0.0292. The van der Waals surface area contributed by atoms with Crippen LogP contribution < -0.4 is 0 Å². The van der Waals surface area contributed by atoms with E-state index in [4.69, 9.17) is 9.84 Å². The second-order valence-electron chi connectivity index (χ2n) is 3.69. The molecule has 1 rings (SSSR count). The Hall–Kier alpha value is -1.35. The van der Waals surface area contributed by atoms with Crippen LogP contribution in [0.25, 0.3) is 0 Å². The molecule has 0 aliphatic heterocycles. The molecular weight excluding hydrogens is 250 g/mol. The van der Waals surface area contributed by atoms with Crippen molar-refractivity contribution in [3.63, 3.8) is 0 Å². The first-order chi connectivity index (χ1) is 8.69. The van der Waals surface area contributed by atoms with Gasteiger partial charge in [-0.2, -0.15) is 0 Å². The van der Waals surface area contributed by atoms with Gasteiger partial charge in [0.25, 0.3) is 5.91 Å². The largest absolute Gasteiger partial charge is 0.395 e. The summed E-state index contributed by atoms with van der Waals surface area (Å²) in [5.74, 6) is 5.72. The SMILES string of the molecule is COCCN(C)C(=O)c1csc(C#CCCO)c1. The van der Waals surface area contributed by atoms with Gasteiger partial charge in [0.05, 0.1) is 23.7 Å². The van der Waals surface area contributed by atoms with Crippen molar-refractivity contribution in [3.05, 3.63) is 21.9 Å². The molecule has 0 aliphatic rings. The number of carbonyl (C=O) groups is 1. The summed E-state index contributed by atoms with van der Waals surface area (Å²) in [5.41, 5.74) is 0.645. The highest BCUT2D eigenvalue weighted by Crippen LogP contribution is 2.15. The maximum absolute atomic E-state index is 12.0. The first-order valence-electron chi connectivity index (χ1n) is 5.61. The van der Waals surface area contributed by atoms with E-state index in [0.717, 1.165) is 4.88 Å². The number of ether oxygens (including phenoxy) is 1. The summed E-state index contributed by atoms with van der Waals surface area (Å²) in [6, 6.07) is 1.78. The van der Waals surface area contributed by atoms with Crippen molar-refractivity contribution < 1.29 is 14.6 Å². The number of hydrogen-bond donors (Lipinski definition) is 1. The molecule has 1 N–H and O–H groups in total. The molecule has 0 atom stereocenters. The maximum atomic E-state index is 12.0. The van der Waals surface area contributed by atoms with Crippen molar-refractivity contribution >= 4 is 17.2 Å². The van der Waals surface area contributed by atoms with Crippen LogP contribution in [0.1, 0.15) is 21.7 Å². The molecule has 4 nitrogen and oxygen atoms in total. The molecule has 0 unspecified atom stereocenters. The number of methoxy groups -OCH3 is 1. The number of aliphatic hydroxyl groups excluding tert-OH is 1. The molecule has 1 aromatic rings. The van der Waals surface area contributed by atoms with Gasteiger partial charge in [0.2, 0.25) is 0 Å². The molecular formula is C13H17NO3S. The van der Waals surface area contributed by atoms with Gasteiger partial charge in [-0.1, -0.05) is 11.8 Å². The highest BCUT2D eigenvalue weighted by Gasteiger charge is 2.12. The Kier molecular flexibility index (Phi) is 6.44. The Morgan fingerprint density at radius 3 is 3.06 bits per heavy atom. The minimum Gasteiger partial charge on any atom is -0.395 e. The van der Waals surface area contributed by atoms with E-state index < -0.39 is 0 Å². The summed E-state index contributed by atoms with van der Waals surface area (Å²) in [5, 5.41) is 10.4. The Balaban J connectivity index is 2.62. The molecule has 0 radical (unpaired) electrons. The van der Waals surface area contributed by atoms with Crippen LogP contribution >= 0.6 is 11.3 Å². The smallest absolute Gasteiger partial charge is 0.254 e. The molecule has 0 aromatic carbocycles. The minimum absolute atomic E-state index is 0.0292. The van der Waals surface area contributed by atoms with Gasteiger partial charge in [0.1, 0.15) is 0 Å². The van der Waals surface area contributed by atoms with Gasteiger partial charge in [-0.3, -0.25) is 4.79 Å². The second kappa shape index (κ2) is 7.88. The van der Waals surface area contributed by atoms with Crippen LogP contribution in [0.4, 0.5) is 0 Å². The van der Waals surface area contributed by atoms with Gasteiger partial charge in [-0.25, -0.2) is 0 Å². The van der Waals surface area contributed by atoms with Gasteiger partial charge in [0.15, 0.2) is 0 Å². The Morgan fingerprint density at radius 2 is 2.39 bits per heavy atom. The van der Waals surface area contributed by atoms with Crippen LogP contribution in [0.15, 0.2) is 11.4 Å². The van der Waals surface area contributed by atoms with Crippen LogP contribution in [0.3, 0.4) is 0 Å². The summed E-state index contributed by atoms with van der Waals surface area (Å²) in [7, 11) is 3.36. The highest BCUT2D eigenvalue weighted by molar-refractivity contribution is 7.10. The van der Waals surface area contributed by atoms with Gasteiger partial charge < -0.3 is 14.7 Å². The second-order valence-corrected chi connectivity index (χ2v) is 4.61. The van der Waals surface area contributed by atoms with Crippen LogP contribution in [0.2, 0.25) is 0 Å². The monoisotopic (exact) mass is 267 g/mol. The van der Waals surface area contributed by atoms with Crippen molar-refractivity contribution in [2.75, 3.05) is 33.9 Å². The molecule has 0 saturated carbocycles. The Morgan fingerprint density at radius 1 is 1.61 bits per heavy atom. The van der Waals surface area contributed by atoms with Gasteiger partial charge in [-0.15, -0.1) is 11.3 Å². The van der Waals surface area contributed by atoms with Crippen molar-refractivity contribution in [1.29, 1.82) is 0 Å². The van der Waals surface area contributed by atoms with Gasteiger partial charge in [0, 0.05) is 32.5 Å². The third-order valence-electron chi connectivity index (χ3n) is 2.27. The standard InChI is InChI=1S/C13H17NO3S/c1-14(6-8-17-2)13(16)11-9-12(18-10-11)5-3-4-7-15/h9-10,15H,4,6-8H2,1-2H3. The molecule has 1 aromatic heterocycles. The zero-order valence-corrected chi connectivity index (χ0v) is 11.4. The van der Waals surface area contributed by atoms with E-state index in [0.29, 0.717) is 25.1 Å². The fourth-order valence-corrected chi connectivity index (χ4v) is 2.02. The van der Waals surface area contributed by atoms with E-state index in [1.807, 2.05) is 0 Å². The predicted octanol–water partition coefficient (Wildman–Crippen LogP) is 1.20. The van der Waals surface area contributed by atoms with Crippen LogP contribution in [0.5, 0.6) is 0 Å². The number of rotatable bonds is 5. The van der Waals surface area contributed by atoms with Crippen molar-refractivity contribution in [2.45, 2.75) is 6.42 Å². The molecule has 0 fully saturated rings. The van der Waals surface area contributed by atoms with Gasteiger partial charge >= 0.3 is 0 Å². The van der Waals surface area contributed by atoms with E-state index >= 15 is 0 Å². The Labute approximate surface area is 111 Å². The Bertz CT molecular complexity index is 445. The van der Waals surface area contributed by atoms with Gasteiger partial charge in [-0.05, 0) is 6.07 Å². The topological polar surface area (TPSA) is 49.8 Å². The summed E-state index contributed by atoms with van der Waals surface area (Å²) in [6.07, 6.45) is 0.453. The molecule has 0 spiro atoms.